The molecule has 0 aliphatic rings. The quantitative estimate of drug-likeness (QED) is 0.794. The number of thioether (sulfide) groups is 1. The maximum atomic E-state index is 12.1. The van der Waals surface area contributed by atoms with Crippen molar-refractivity contribution in [2.24, 2.45) is 13.0 Å². The van der Waals surface area contributed by atoms with Crippen molar-refractivity contribution in [2.45, 2.75) is 25.0 Å². The van der Waals surface area contributed by atoms with E-state index >= 15 is 0 Å². The van der Waals surface area contributed by atoms with E-state index in [1.807, 2.05) is 17.5 Å². The summed E-state index contributed by atoms with van der Waals surface area (Å²) in [6.07, 6.45) is 0. The van der Waals surface area contributed by atoms with E-state index in [4.69, 9.17) is 5.73 Å². The molecular formula is C13H19N5OS2. The zero-order valence-electron chi connectivity index (χ0n) is 12.2. The average molecular weight is 325 g/mol. The molecule has 1 amide bonds. The summed E-state index contributed by atoms with van der Waals surface area (Å²) in [4.78, 5) is 13.3. The Hall–Kier alpha value is -1.54. The number of rotatable bonds is 6. The number of nitrogens with two attached hydrogens (primary N) is 1. The first-order valence-corrected chi connectivity index (χ1v) is 8.46. The highest BCUT2D eigenvalue weighted by molar-refractivity contribution is 7.99. The highest BCUT2D eigenvalue weighted by Gasteiger charge is 2.19. The van der Waals surface area contributed by atoms with Crippen LogP contribution in [0.4, 0.5) is 5.95 Å². The van der Waals surface area contributed by atoms with E-state index in [9.17, 15) is 4.79 Å². The zero-order chi connectivity index (χ0) is 15.4. The van der Waals surface area contributed by atoms with Crippen molar-refractivity contribution in [2.75, 3.05) is 11.5 Å². The molecule has 0 fully saturated rings. The SMILES string of the molecule is CC(C)C(NC(=O)CSc1nnc(N)n1C)c1cccs1. The third-order valence-electron chi connectivity index (χ3n) is 3.03. The van der Waals surface area contributed by atoms with Gasteiger partial charge in [0.1, 0.15) is 0 Å². The Labute approximate surface area is 132 Å². The smallest absolute Gasteiger partial charge is 0.230 e. The number of amides is 1. The number of nitrogens with one attached hydrogen (secondary N) is 1. The van der Waals surface area contributed by atoms with Gasteiger partial charge in [0.25, 0.3) is 0 Å². The van der Waals surface area contributed by atoms with Crippen LogP contribution in [0.1, 0.15) is 24.8 Å². The molecule has 0 bridgehead atoms. The van der Waals surface area contributed by atoms with Crippen LogP contribution in [0.3, 0.4) is 0 Å². The van der Waals surface area contributed by atoms with E-state index in [-0.39, 0.29) is 11.9 Å². The largest absolute Gasteiger partial charge is 0.368 e. The van der Waals surface area contributed by atoms with Gasteiger partial charge in [-0.1, -0.05) is 31.7 Å². The lowest BCUT2D eigenvalue weighted by molar-refractivity contribution is -0.119. The fourth-order valence-corrected chi connectivity index (χ4v) is 3.51. The molecule has 0 aliphatic heterocycles. The molecule has 3 N–H and O–H groups in total. The number of nitrogens with zero attached hydrogens (tertiary/aromatic N) is 3. The summed E-state index contributed by atoms with van der Waals surface area (Å²) in [5.41, 5.74) is 5.61. The van der Waals surface area contributed by atoms with E-state index in [2.05, 4.69) is 29.4 Å². The molecule has 1 atom stereocenters. The second kappa shape index (κ2) is 6.95. The molecule has 0 spiro atoms. The van der Waals surface area contributed by atoms with Crippen LogP contribution >= 0.6 is 23.1 Å². The fourth-order valence-electron chi connectivity index (χ4n) is 1.83. The predicted octanol–water partition coefficient (Wildman–Crippen LogP) is 2.06. The van der Waals surface area contributed by atoms with Crippen LogP contribution in [0.15, 0.2) is 22.7 Å². The summed E-state index contributed by atoms with van der Waals surface area (Å²) in [7, 11) is 1.78. The minimum Gasteiger partial charge on any atom is -0.368 e. The van der Waals surface area contributed by atoms with E-state index in [1.165, 1.54) is 16.6 Å². The number of hydrogen-bond acceptors (Lipinski definition) is 6. The Morgan fingerprint density at radius 1 is 1.52 bits per heavy atom. The molecular weight excluding hydrogens is 306 g/mol. The van der Waals surface area contributed by atoms with Crippen LogP contribution in [0.5, 0.6) is 0 Å². The molecule has 0 radical (unpaired) electrons. The van der Waals surface area contributed by atoms with Gasteiger partial charge in [-0.05, 0) is 17.4 Å². The molecule has 6 nitrogen and oxygen atoms in total. The summed E-state index contributed by atoms with van der Waals surface area (Å²) >= 11 is 2.98. The van der Waals surface area contributed by atoms with Crippen molar-refractivity contribution >= 4 is 35.0 Å². The average Bonchev–Trinajstić information content (AvgIpc) is 3.06. The van der Waals surface area contributed by atoms with Gasteiger partial charge in [0.05, 0.1) is 11.8 Å². The van der Waals surface area contributed by atoms with E-state index in [0.29, 0.717) is 22.8 Å². The van der Waals surface area contributed by atoms with Gasteiger partial charge in [-0.25, -0.2) is 0 Å². The Bertz CT molecular complexity index is 594. The summed E-state index contributed by atoms with van der Waals surface area (Å²) < 4.78 is 1.66. The molecule has 0 saturated carbocycles. The van der Waals surface area contributed by atoms with Crippen LogP contribution in [-0.4, -0.2) is 26.4 Å². The van der Waals surface area contributed by atoms with Crippen molar-refractivity contribution in [1.82, 2.24) is 20.1 Å². The second-order valence-corrected chi connectivity index (χ2v) is 6.91. The lowest BCUT2D eigenvalue weighted by Gasteiger charge is -2.21. The number of nitrogen functional groups attached to an aromatic ring is 1. The van der Waals surface area contributed by atoms with Crippen molar-refractivity contribution in [3.8, 4) is 0 Å². The van der Waals surface area contributed by atoms with Gasteiger partial charge in [-0.3, -0.25) is 9.36 Å². The number of thiophene rings is 1. The van der Waals surface area contributed by atoms with E-state index in [1.54, 1.807) is 23.0 Å². The van der Waals surface area contributed by atoms with Crippen molar-refractivity contribution in [3.05, 3.63) is 22.4 Å². The first-order chi connectivity index (χ1) is 9.99. The highest BCUT2D eigenvalue weighted by Crippen LogP contribution is 2.26. The molecule has 0 aromatic carbocycles. The molecule has 2 rings (SSSR count). The lowest BCUT2D eigenvalue weighted by Crippen LogP contribution is -2.32. The summed E-state index contributed by atoms with van der Waals surface area (Å²) in [6, 6.07) is 4.09. The third kappa shape index (κ3) is 3.98. The van der Waals surface area contributed by atoms with Crippen molar-refractivity contribution in [1.29, 1.82) is 0 Å². The monoisotopic (exact) mass is 325 g/mol. The van der Waals surface area contributed by atoms with Crippen molar-refractivity contribution < 1.29 is 4.79 Å². The first-order valence-electron chi connectivity index (χ1n) is 6.59. The Morgan fingerprint density at radius 3 is 2.81 bits per heavy atom. The predicted molar refractivity (Wildman–Crippen MR) is 86.2 cm³/mol. The molecule has 0 aliphatic carbocycles. The van der Waals surface area contributed by atoms with Gasteiger partial charge in [-0.2, -0.15) is 0 Å². The number of carbonyl (C=O) groups excluding carboxylic acids is 1. The molecule has 2 heterocycles. The van der Waals surface area contributed by atoms with E-state index in [0.717, 1.165) is 0 Å². The topological polar surface area (TPSA) is 85.8 Å². The van der Waals surface area contributed by atoms with Gasteiger partial charge in [0, 0.05) is 11.9 Å². The number of hydrogen-bond donors (Lipinski definition) is 2. The van der Waals surface area contributed by atoms with Gasteiger partial charge in [0.15, 0.2) is 5.16 Å². The van der Waals surface area contributed by atoms with Gasteiger partial charge >= 0.3 is 0 Å². The summed E-state index contributed by atoms with van der Waals surface area (Å²) in [5, 5.41) is 13.4. The van der Waals surface area contributed by atoms with Crippen LogP contribution in [0, 0.1) is 5.92 Å². The van der Waals surface area contributed by atoms with Crippen LogP contribution in [0.2, 0.25) is 0 Å². The number of carbonyl (C=O) groups is 1. The molecule has 2 aromatic heterocycles. The minimum atomic E-state index is -0.0197. The Kier molecular flexibility index (Phi) is 5.24. The van der Waals surface area contributed by atoms with Gasteiger partial charge < -0.3 is 11.1 Å². The van der Waals surface area contributed by atoms with Gasteiger partial charge in [0.2, 0.25) is 11.9 Å². The normalized spacial score (nSPS) is 12.6. The minimum absolute atomic E-state index is 0.0197. The molecule has 0 saturated heterocycles. The fraction of sp³-hybridized carbons (Fsp3) is 0.462. The second-order valence-electron chi connectivity index (χ2n) is 4.99. The Balaban J connectivity index is 1.93. The molecule has 2 aromatic rings. The first kappa shape index (κ1) is 15.8. The van der Waals surface area contributed by atoms with Crippen LogP contribution in [0.25, 0.3) is 0 Å². The molecule has 1 unspecified atom stereocenters. The molecule has 8 heteroatoms. The standard InChI is InChI=1S/C13H19N5OS2/c1-8(2)11(9-5-4-6-20-9)15-10(19)7-21-13-17-16-12(14)18(13)3/h4-6,8,11H,7H2,1-3H3,(H2,14,16)(H,15,19). The van der Waals surface area contributed by atoms with E-state index < -0.39 is 0 Å². The van der Waals surface area contributed by atoms with Crippen LogP contribution in [-0.2, 0) is 11.8 Å². The highest BCUT2D eigenvalue weighted by atomic mass is 32.2. The lowest BCUT2D eigenvalue weighted by atomic mass is 10.0. The van der Waals surface area contributed by atoms with Crippen LogP contribution < -0.4 is 11.1 Å². The zero-order valence-corrected chi connectivity index (χ0v) is 13.9. The maximum Gasteiger partial charge on any atom is 0.230 e. The molecule has 114 valence electrons. The molecule has 21 heavy (non-hydrogen) atoms. The number of aromatic nitrogens is 3. The van der Waals surface area contributed by atoms with Crippen molar-refractivity contribution in [3.63, 3.8) is 0 Å². The third-order valence-corrected chi connectivity index (χ3v) is 5.01. The van der Waals surface area contributed by atoms with Gasteiger partial charge in [-0.15, -0.1) is 21.5 Å². The summed E-state index contributed by atoms with van der Waals surface area (Å²) in [6.45, 7) is 4.20. The Morgan fingerprint density at radius 2 is 2.29 bits per heavy atom. The maximum absolute atomic E-state index is 12.1. The summed E-state index contributed by atoms with van der Waals surface area (Å²) in [5.74, 6) is 0.953. The number of anilines is 1.